The van der Waals surface area contributed by atoms with E-state index in [1.165, 1.54) is 18.3 Å². The lowest BCUT2D eigenvalue weighted by atomic mass is 10.2. The molecule has 8 heteroatoms. The average molecular weight is 271 g/mol. The van der Waals surface area contributed by atoms with Crippen LogP contribution < -0.4 is 0 Å². The standard InChI is InChI=1S/C10H8ClFN4O2/c11-5-4-7-6-15(14-13-7)10-8(12)2-1-3-9(10)16(17)18/h1-3,6H,4-5H2. The minimum Gasteiger partial charge on any atom is -0.258 e. The number of para-hydroxylation sites is 1. The van der Waals surface area contributed by atoms with E-state index >= 15 is 0 Å². The van der Waals surface area contributed by atoms with Gasteiger partial charge in [-0.15, -0.1) is 16.7 Å². The molecule has 18 heavy (non-hydrogen) atoms. The van der Waals surface area contributed by atoms with E-state index in [1.54, 1.807) is 0 Å². The molecule has 0 aliphatic carbocycles. The van der Waals surface area contributed by atoms with Crippen molar-refractivity contribution in [3.63, 3.8) is 0 Å². The topological polar surface area (TPSA) is 73.8 Å². The SMILES string of the molecule is O=[N+]([O-])c1cccc(F)c1-n1cc(CCCl)nn1. The molecule has 0 aliphatic heterocycles. The minimum atomic E-state index is -0.730. The number of benzene rings is 1. The Morgan fingerprint density at radius 2 is 2.28 bits per heavy atom. The van der Waals surface area contributed by atoms with Crippen molar-refractivity contribution >= 4 is 17.3 Å². The zero-order valence-corrected chi connectivity index (χ0v) is 9.84. The summed E-state index contributed by atoms with van der Waals surface area (Å²) in [5.41, 5.74) is -0.0457. The lowest BCUT2D eigenvalue weighted by molar-refractivity contribution is -0.384. The van der Waals surface area contributed by atoms with Crippen molar-refractivity contribution in [1.82, 2.24) is 15.0 Å². The maximum Gasteiger partial charge on any atom is 0.297 e. The van der Waals surface area contributed by atoms with Gasteiger partial charge in [0, 0.05) is 18.4 Å². The molecular weight excluding hydrogens is 263 g/mol. The maximum absolute atomic E-state index is 13.7. The first-order valence-corrected chi connectivity index (χ1v) is 5.57. The van der Waals surface area contributed by atoms with Gasteiger partial charge < -0.3 is 0 Å². The number of nitrogens with zero attached hydrogens (tertiary/aromatic N) is 4. The van der Waals surface area contributed by atoms with Gasteiger partial charge in [0.15, 0.2) is 11.5 Å². The van der Waals surface area contributed by atoms with Crippen LogP contribution in [0.1, 0.15) is 5.69 Å². The van der Waals surface area contributed by atoms with Gasteiger partial charge in [-0.1, -0.05) is 11.3 Å². The molecule has 2 aromatic rings. The Balaban J connectivity index is 2.51. The molecule has 0 aliphatic rings. The fraction of sp³-hybridized carbons (Fsp3) is 0.200. The molecule has 0 fully saturated rings. The van der Waals surface area contributed by atoms with Gasteiger partial charge in [0.05, 0.1) is 16.8 Å². The molecular formula is C10H8ClFN4O2. The van der Waals surface area contributed by atoms with Crippen LogP contribution in [0.3, 0.4) is 0 Å². The predicted octanol–water partition coefficient (Wildman–Crippen LogP) is 2.10. The summed E-state index contributed by atoms with van der Waals surface area (Å²) in [6.45, 7) is 0. The van der Waals surface area contributed by atoms with E-state index in [9.17, 15) is 14.5 Å². The third-order valence-corrected chi connectivity index (χ3v) is 2.47. The van der Waals surface area contributed by atoms with Crippen molar-refractivity contribution in [3.05, 3.63) is 46.0 Å². The van der Waals surface area contributed by atoms with Crippen LogP contribution in [0.5, 0.6) is 0 Å². The summed E-state index contributed by atoms with van der Waals surface area (Å²) in [4.78, 5) is 10.2. The van der Waals surface area contributed by atoms with Crippen molar-refractivity contribution in [3.8, 4) is 5.69 Å². The first-order chi connectivity index (χ1) is 8.63. The largest absolute Gasteiger partial charge is 0.297 e. The molecule has 0 atom stereocenters. The summed E-state index contributed by atoms with van der Waals surface area (Å²) in [6.07, 6.45) is 1.89. The van der Waals surface area contributed by atoms with E-state index in [2.05, 4.69) is 10.3 Å². The summed E-state index contributed by atoms with van der Waals surface area (Å²) in [7, 11) is 0. The zero-order valence-electron chi connectivity index (χ0n) is 9.08. The van der Waals surface area contributed by atoms with Crippen LogP contribution >= 0.6 is 11.6 Å². The summed E-state index contributed by atoms with van der Waals surface area (Å²) >= 11 is 5.54. The van der Waals surface area contributed by atoms with E-state index < -0.39 is 10.7 Å². The average Bonchev–Trinajstić information content (AvgIpc) is 2.77. The van der Waals surface area contributed by atoms with E-state index in [4.69, 9.17) is 11.6 Å². The Kier molecular flexibility index (Phi) is 3.52. The van der Waals surface area contributed by atoms with Gasteiger partial charge >= 0.3 is 0 Å². The van der Waals surface area contributed by atoms with Crippen LogP contribution in [-0.4, -0.2) is 25.8 Å². The molecule has 0 unspecified atom stereocenters. The second-order valence-corrected chi connectivity index (χ2v) is 3.84. The minimum absolute atomic E-state index is 0.226. The monoisotopic (exact) mass is 270 g/mol. The number of nitro benzene ring substituents is 1. The molecule has 94 valence electrons. The highest BCUT2D eigenvalue weighted by molar-refractivity contribution is 6.17. The molecule has 1 heterocycles. The number of aromatic nitrogens is 3. The van der Waals surface area contributed by atoms with Crippen LogP contribution in [0.4, 0.5) is 10.1 Å². The fourth-order valence-electron chi connectivity index (χ4n) is 1.50. The Bertz CT molecular complexity index is 587. The molecule has 0 amide bonds. The molecule has 0 radical (unpaired) electrons. The number of nitro groups is 1. The van der Waals surface area contributed by atoms with Crippen molar-refractivity contribution in [1.29, 1.82) is 0 Å². The van der Waals surface area contributed by atoms with Gasteiger partial charge in [0.1, 0.15) is 0 Å². The normalized spacial score (nSPS) is 10.6. The van der Waals surface area contributed by atoms with Crippen molar-refractivity contribution in [2.45, 2.75) is 6.42 Å². The molecule has 0 spiro atoms. The maximum atomic E-state index is 13.7. The highest BCUT2D eigenvalue weighted by Gasteiger charge is 2.20. The van der Waals surface area contributed by atoms with Crippen LogP contribution in [0.25, 0.3) is 5.69 Å². The summed E-state index contributed by atoms with van der Waals surface area (Å²) in [6, 6.07) is 3.61. The number of halogens is 2. The third-order valence-electron chi connectivity index (χ3n) is 2.28. The van der Waals surface area contributed by atoms with Gasteiger partial charge in [0.2, 0.25) is 0 Å². The predicted molar refractivity (Wildman–Crippen MR) is 62.4 cm³/mol. The van der Waals surface area contributed by atoms with E-state index in [0.717, 1.165) is 10.7 Å². The van der Waals surface area contributed by atoms with Gasteiger partial charge in [-0.3, -0.25) is 10.1 Å². The summed E-state index contributed by atoms with van der Waals surface area (Å²) in [5, 5.41) is 18.3. The zero-order chi connectivity index (χ0) is 13.1. The highest BCUT2D eigenvalue weighted by Crippen LogP contribution is 2.24. The number of rotatable bonds is 4. The van der Waals surface area contributed by atoms with Gasteiger partial charge in [0.25, 0.3) is 5.69 Å². The summed E-state index contributed by atoms with van der Waals surface area (Å²) in [5.74, 6) is -0.385. The molecule has 2 rings (SSSR count). The molecule has 0 N–H and O–H groups in total. The Hall–Kier alpha value is -2.02. The fourth-order valence-corrected chi connectivity index (χ4v) is 1.69. The Labute approximate surface area is 106 Å². The van der Waals surface area contributed by atoms with Gasteiger partial charge in [-0.05, 0) is 6.07 Å². The van der Waals surface area contributed by atoms with Gasteiger partial charge in [-0.2, -0.15) is 0 Å². The first-order valence-electron chi connectivity index (χ1n) is 5.04. The van der Waals surface area contributed by atoms with Crippen LogP contribution in [0.15, 0.2) is 24.4 Å². The summed E-state index contributed by atoms with van der Waals surface area (Å²) < 4.78 is 14.7. The number of aryl methyl sites for hydroxylation is 1. The van der Waals surface area contributed by atoms with E-state index in [-0.39, 0.29) is 11.4 Å². The quantitative estimate of drug-likeness (QED) is 0.484. The first kappa shape index (κ1) is 12.4. The van der Waals surface area contributed by atoms with Gasteiger partial charge in [-0.25, -0.2) is 9.07 Å². The molecule has 6 nitrogen and oxygen atoms in total. The van der Waals surface area contributed by atoms with E-state index in [0.29, 0.717) is 18.0 Å². The molecule has 1 aromatic carbocycles. The lowest BCUT2D eigenvalue weighted by Crippen LogP contribution is -2.03. The van der Waals surface area contributed by atoms with Crippen molar-refractivity contribution in [2.24, 2.45) is 0 Å². The van der Waals surface area contributed by atoms with Crippen LogP contribution in [0.2, 0.25) is 0 Å². The second-order valence-electron chi connectivity index (χ2n) is 3.46. The highest BCUT2D eigenvalue weighted by atomic mass is 35.5. The lowest BCUT2D eigenvalue weighted by Gasteiger charge is -2.02. The number of hydrogen-bond acceptors (Lipinski definition) is 4. The smallest absolute Gasteiger partial charge is 0.258 e. The Morgan fingerprint density at radius 3 is 2.94 bits per heavy atom. The van der Waals surface area contributed by atoms with Crippen molar-refractivity contribution < 1.29 is 9.31 Å². The molecule has 0 bridgehead atoms. The number of alkyl halides is 1. The molecule has 0 saturated carbocycles. The van der Waals surface area contributed by atoms with Crippen molar-refractivity contribution in [2.75, 3.05) is 5.88 Å². The second kappa shape index (κ2) is 5.09. The van der Waals surface area contributed by atoms with Crippen LogP contribution in [0, 0.1) is 15.9 Å². The number of hydrogen-bond donors (Lipinski definition) is 0. The molecule has 1 aromatic heterocycles. The van der Waals surface area contributed by atoms with E-state index in [1.807, 2.05) is 0 Å². The third kappa shape index (κ3) is 2.30. The van der Waals surface area contributed by atoms with Crippen LogP contribution in [-0.2, 0) is 6.42 Å². The Morgan fingerprint density at radius 1 is 1.50 bits per heavy atom. The molecule has 0 saturated heterocycles.